The fourth-order valence-electron chi connectivity index (χ4n) is 4.09. The van der Waals surface area contributed by atoms with Gasteiger partial charge in [-0.3, -0.25) is 4.79 Å². The van der Waals surface area contributed by atoms with E-state index < -0.39 is 6.10 Å². The van der Waals surface area contributed by atoms with Gasteiger partial charge >= 0.3 is 0 Å². The standard InChI is InChI=1S/C19H27NO2/c1-11-7-12(2)13(3)18(8-11)22-14(4)19(21)20-17-10-15-5-6-16(17)9-15/h7-8,14-17H,5-6,9-10H2,1-4H3,(H,20,21)/t14-,15+,16+,17-/m1/s1. The average molecular weight is 301 g/mol. The highest BCUT2D eigenvalue weighted by molar-refractivity contribution is 5.81. The van der Waals surface area contributed by atoms with Gasteiger partial charge in [0.1, 0.15) is 5.75 Å². The summed E-state index contributed by atoms with van der Waals surface area (Å²) in [6.07, 6.45) is 4.65. The molecule has 0 heterocycles. The molecular weight excluding hydrogens is 274 g/mol. The Morgan fingerprint density at radius 3 is 2.64 bits per heavy atom. The maximum absolute atomic E-state index is 12.4. The van der Waals surface area contributed by atoms with Crippen LogP contribution in [0.2, 0.25) is 0 Å². The first-order valence-electron chi connectivity index (χ1n) is 8.49. The minimum Gasteiger partial charge on any atom is -0.481 e. The molecule has 4 atom stereocenters. The van der Waals surface area contributed by atoms with Crippen LogP contribution < -0.4 is 10.1 Å². The van der Waals surface area contributed by atoms with Crippen molar-refractivity contribution in [2.75, 3.05) is 0 Å². The summed E-state index contributed by atoms with van der Waals surface area (Å²) in [4.78, 5) is 12.4. The first-order valence-corrected chi connectivity index (χ1v) is 8.49. The second-order valence-corrected chi connectivity index (χ2v) is 7.25. The third-order valence-corrected chi connectivity index (χ3v) is 5.50. The molecule has 2 bridgehead atoms. The lowest BCUT2D eigenvalue weighted by atomic mass is 9.95. The molecule has 2 aliphatic carbocycles. The maximum atomic E-state index is 12.4. The Morgan fingerprint density at radius 2 is 2.00 bits per heavy atom. The molecule has 3 rings (SSSR count). The van der Waals surface area contributed by atoms with Crippen LogP contribution in [0.25, 0.3) is 0 Å². The molecule has 0 spiro atoms. The molecule has 0 aromatic heterocycles. The Morgan fingerprint density at radius 1 is 1.23 bits per heavy atom. The van der Waals surface area contributed by atoms with Crippen LogP contribution >= 0.6 is 0 Å². The molecule has 0 radical (unpaired) electrons. The fraction of sp³-hybridized carbons (Fsp3) is 0.632. The van der Waals surface area contributed by atoms with Gasteiger partial charge in [0.2, 0.25) is 0 Å². The molecule has 0 aliphatic heterocycles. The number of hydrogen-bond donors (Lipinski definition) is 1. The molecule has 2 fully saturated rings. The number of amides is 1. The number of aryl methyl sites for hydroxylation is 2. The second-order valence-electron chi connectivity index (χ2n) is 7.25. The van der Waals surface area contributed by atoms with E-state index >= 15 is 0 Å². The molecule has 1 N–H and O–H groups in total. The number of nitrogens with one attached hydrogen (secondary N) is 1. The van der Waals surface area contributed by atoms with Gasteiger partial charge in [-0.25, -0.2) is 0 Å². The van der Waals surface area contributed by atoms with E-state index in [9.17, 15) is 4.79 Å². The van der Waals surface area contributed by atoms with Gasteiger partial charge in [0, 0.05) is 6.04 Å². The topological polar surface area (TPSA) is 38.3 Å². The number of benzene rings is 1. The van der Waals surface area contributed by atoms with Gasteiger partial charge in [0.25, 0.3) is 5.91 Å². The summed E-state index contributed by atoms with van der Waals surface area (Å²) in [6.45, 7) is 8.03. The van der Waals surface area contributed by atoms with Crippen molar-refractivity contribution in [3.05, 3.63) is 28.8 Å². The largest absolute Gasteiger partial charge is 0.481 e. The van der Waals surface area contributed by atoms with E-state index in [1.54, 1.807) is 0 Å². The number of carbonyl (C=O) groups is 1. The zero-order chi connectivity index (χ0) is 15.9. The lowest BCUT2D eigenvalue weighted by Gasteiger charge is -2.25. The molecule has 3 nitrogen and oxygen atoms in total. The number of ether oxygens (including phenoxy) is 1. The highest BCUT2D eigenvalue weighted by atomic mass is 16.5. The van der Waals surface area contributed by atoms with Crippen molar-refractivity contribution >= 4 is 5.91 Å². The molecule has 3 heteroatoms. The summed E-state index contributed by atoms with van der Waals surface area (Å²) >= 11 is 0. The zero-order valence-electron chi connectivity index (χ0n) is 14.1. The Balaban J connectivity index is 1.62. The van der Waals surface area contributed by atoms with E-state index in [-0.39, 0.29) is 5.91 Å². The summed E-state index contributed by atoms with van der Waals surface area (Å²) in [7, 11) is 0. The second kappa shape index (κ2) is 5.94. The summed E-state index contributed by atoms with van der Waals surface area (Å²) in [6, 6.07) is 4.53. The van der Waals surface area contributed by atoms with Crippen LogP contribution in [0.15, 0.2) is 12.1 Å². The molecule has 2 aliphatic rings. The predicted molar refractivity (Wildman–Crippen MR) is 88.1 cm³/mol. The third kappa shape index (κ3) is 2.99. The van der Waals surface area contributed by atoms with Crippen molar-refractivity contribution in [3.63, 3.8) is 0 Å². The third-order valence-electron chi connectivity index (χ3n) is 5.50. The minimum absolute atomic E-state index is 0.0242. The molecule has 22 heavy (non-hydrogen) atoms. The summed E-state index contributed by atoms with van der Waals surface area (Å²) in [5.74, 6) is 2.39. The molecule has 1 amide bonds. The van der Waals surface area contributed by atoms with E-state index in [1.807, 2.05) is 19.9 Å². The number of hydrogen-bond acceptors (Lipinski definition) is 2. The van der Waals surface area contributed by atoms with Crippen LogP contribution in [0.3, 0.4) is 0 Å². The van der Waals surface area contributed by atoms with Crippen LogP contribution in [0.5, 0.6) is 5.75 Å². The van der Waals surface area contributed by atoms with Crippen LogP contribution in [-0.2, 0) is 4.79 Å². The van der Waals surface area contributed by atoms with E-state index in [4.69, 9.17) is 4.74 Å². The van der Waals surface area contributed by atoms with Crippen LogP contribution in [-0.4, -0.2) is 18.1 Å². The minimum atomic E-state index is -0.445. The first kappa shape index (κ1) is 15.4. The molecule has 0 unspecified atom stereocenters. The smallest absolute Gasteiger partial charge is 0.261 e. The highest BCUT2D eigenvalue weighted by Gasteiger charge is 2.40. The number of fused-ring (bicyclic) bond motifs is 2. The summed E-state index contributed by atoms with van der Waals surface area (Å²) in [5, 5.41) is 3.22. The molecule has 1 aromatic rings. The van der Waals surface area contributed by atoms with Gasteiger partial charge in [-0.1, -0.05) is 12.5 Å². The Bertz CT molecular complexity index is 581. The van der Waals surface area contributed by atoms with E-state index in [2.05, 4.69) is 25.2 Å². The number of rotatable bonds is 4. The number of carbonyl (C=O) groups excluding carboxylic acids is 1. The predicted octanol–water partition coefficient (Wildman–Crippen LogP) is 3.68. The normalized spacial score (nSPS) is 27.7. The van der Waals surface area contributed by atoms with Gasteiger partial charge in [0.05, 0.1) is 0 Å². The first-order chi connectivity index (χ1) is 10.4. The highest BCUT2D eigenvalue weighted by Crippen LogP contribution is 2.44. The lowest BCUT2D eigenvalue weighted by Crippen LogP contribution is -2.44. The van der Waals surface area contributed by atoms with Crippen molar-refractivity contribution in [1.29, 1.82) is 0 Å². The SMILES string of the molecule is Cc1cc(C)c(C)c(O[C@H](C)C(=O)N[C@@H]2C[C@H]3CC[C@H]2C3)c1. The van der Waals surface area contributed by atoms with Gasteiger partial charge < -0.3 is 10.1 Å². The summed E-state index contributed by atoms with van der Waals surface area (Å²) in [5.41, 5.74) is 3.49. The van der Waals surface area contributed by atoms with E-state index in [1.165, 1.54) is 30.4 Å². The zero-order valence-corrected chi connectivity index (χ0v) is 14.1. The van der Waals surface area contributed by atoms with Crippen molar-refractivity contribution in [1.82, 2.24) is 5.32 Å². The van der Waals surface area contributed by atoms with E-state index in [0.29, 0.717) is 12.0 Å². The van der Waals surface area contributed by atoms with Gasteiger partial charge in [-0.05, 0) is 81.5 Å². The van der Waals surface area contributed by atoms with Crippen molar-refractivity contribution in [2.45, 2.75) is 65.5 Å². The van der Waals surface area contributed by atoms with Gasteiger partial charge in [-0.15, -0.1) is 0 Å². The van der Waals surface area contributed by atoms with Crippen LogP contribution in [0.4, 0.5) is 0 Å². The Labute approximate surface area is 133 Å². The molecular formula is C19H27NO2. The quantitative estimate of drug-likeness (QED) is 0.921. The fourth-order valence-corrected chi connectivity index (χ4v) is 4.09. The molecule has 1 aromatic carbocycles. The van der Waals surface area contributed by atoms with Crippen LogP contribution in [0, 0.1) is 32.6 Å². The van der Waals surface area contributed by atoms with Crippen molar-refractivity contribution in [3.8, 4) is 5.75 Å². The van der Waals surface area contributed by atoms with E-state index in [0.717, 1.165) is 23.7 Å². The maximum Gasteiger partial charge on any atom is 0.261 e. The summed E-state index contributed by atoms with van der Waals surface area (Å²) < 4.78 is 5.95. The Hall–Kier alpha value is -1.51. The monoisotopic (exact) mass is 301 g/mol. The molecule has 0 saturated heterocycles. The Kier molecular flexibility index (Phi) is 4.16. The van der Waals surface area contributed by atoms with Crippen LogP contribution in [0.1, 0.15) is 49.3 Å². The van der Waals surface area contributed by atoms with Gasteiger partial charge in [0.15, 0.2) is 6.10 Å². The average Bonchev–Trinajstić information content (AvgIpc) is 3.06. The lowest BCUT2D eigenvalue weighted by molar-refractivity contribution is -0.128. The van der Waals surface area contributed by atoms with Crippen molar-refractivity contribution < 1.29 is 9.53 Å². The van der Waals surface area contributed by atoms with Gasteiger partial charge in [-0.2, -0.15) is 0 Å². The van der Waals surface area contributed by atoms with Crippen molar-refractivity contribution in [2.24, 2.45) is 11.8 Å². The molecule has 120 valence electrons. The molecule has 2 saturated carbocycles.